The molecule has 3 aromatic rings. The number of carboxylic acids is 1. The molecule has 0 radical (unpaired) electrons. The molecule has 8 heteroatoms. The van der Waals surface area contributed by atoms with E-state index < -0.39 is 11.9 Å². The number of nitrogens with one attached hydrogen (secondary N) is 2. The van der Waals surface area contributed by atoms with Crippen molar-refractivity contribution in [1.82, 2.24) is 4.98 Å². The highest BCUT2D eigenvalue weighted by Crippen LogP contribution is 2.26. The summed E-state index contributed by atoms with van der Waals surface area (Å²) in [6, 6.07) is 14.6. The van der Waals surface area contributed by atoms with Gasteiger partial charge in [0.1, 0.15) is 17.7 Å². The number of aliphatic carboxylic acids is 1. The first-order chi connectivity index (χ1) is 14.0. The molecule has 0 saturated carbocycles. The molecule has 1 aliphatic rings. The van der Waals surface area contributed by atoms with E-state index in [9.17, 15) is 9.90 Å². The molecular weight excluding hydrogens is 406 g/mol. The van der Waals surface area contributed by atoms with Crippen LogP contribution in [-0.2, 0) is 16.0 Å². The molecule has 0 spiro atoms. The number of H-pyrrole nitrogens is 1. The molecule has 1 aliphatic heterocycles. The molecule has 5 N–H and O–H groups in total. The Bertz CT molecular complexity index is 1040. The van der Waals surface area contributed by atoms with Crippen LogP contribution in [0.4, 0.5) is 0 Å². The van der Waals surface area contributed by atoms with E-state index in [1.165, 1.54) is 0 Å². The van der Waals surface area contributed by atoms with Gasteiger partial charge in [-0.3, -0.25) is 10.2 Å². The van der Waals surface area contributed by atoms with Gasteiger partial charge in [0, 0.05) is 35.0 Å². The van der Waals surface area contributed by atoms with Gasteiger partial charge in [-0.05, 0) is 42.0 Å². The number of carboxylic acid groups (broad SMARTS) is 1. The lowest BCUT2D eigenvalue weighted by atomic mass is 9.94. The summed E-state index contributed by atoms with van der Waals surface area (Å²) < 4.78 is 11.2. The zero-order chi connectivity index (χ0) is 20.4. The van der Waals surface area contributed by atoms with Gasteiger partial charge in [-0.25, -0.2) is 0 Å². The molecule has 0 aliphatic carbocycles. The molecule has 2 atom stereocenters. The van der Waals surface area contributed by atoms with E-state index >= 15 is 0 Å². The first-order valence-electron chi connectivity index (χ1n) is 9.53. The van der Waals surface area contributed by atoms with Crippen molar-refractivity contribution in [2.45, 2.75) is 24.9 Å². The standard InChI is InChI=1S/C22H23N3O4.ClH/c23-21(24)14-3-6-20-15(9-14)10-16(25-20)11-19(22(26)27)13-1-4-17(5-2-13)29-18-7-8-28-12-18;/h1-6,9-10,18-19,25H,7-8,11-12H2,(H3,23,24)(H,26,27);1H/t18-,19?;/m0./s1. The van der Waals surface area contributed by atoms with Crippen molar-refractivity contribution in [3.63, 3.8) is 0 Å². The minimum atomic E-state index is -0.883. The Kier molecular flexibility index (Phi) is 6.64. The van der Waals surface area contributed by atoms with Crippen molar-refractivity contribution >= 4 is 35.1 Å². The molecule has 1 unspecified atom stereocenters. The van der Waals surface area contributed by atoms with Gasteiger partial charge >= 0.3 is 5.97 Å². The normalized spacial score (nSPS) is 16.7. The molecular formula is C22H24ClN3O4. The number of aromatic amines is 1. The lowest BCUT2D eigenvalue weighted by Gasteiger charge is -2.15. The van der Waals surface area contributed by atoms with Crippen molar-refractivity contribution in [1.29, 1.82) is 5.41 Å². The zero-order valence-electron chi connectivity index (χ0n) is 16.3. The lowest BCUT2D eigenvalue weighted by molar-refractivity contribution is -0.138. The predicted molar refractivity (Wildman–Crippen MR) is 117 cm³/mol. The van der Waals surface area contributed by atoms with Crippen LogP contribution in [0.1, 0.15) is 29.2 Å². The summed E-state index contributed by atoms with van der Waals surface area (Å²) in [6.45, 7) is 1.30. The third-order valence-electron chi connectivity index (χ3n) is 5.18. The summed E-state index contributed by atoms with van der Waals surface area (Å²) in [5, 5.41) is 18.2. The number of ether oxygens (including phenoxy) is 2. The number of aromatic nitrogens is 1. The number of fused-ring (bicyclic) bond motifs is 1. The van der Waals surface area contributed by atoms with E-state index in [2.05, 4.69) is 4.98 Å². The quantitative estimate of drug-likeness (QED) is 0.338. The monoisotopic (exact) mass is 429 g/mol. The topological polar surface area (TPSA) is 121 Å². The average Bonchev–Trinajstić information content (AvgIpc) is 3.35. The third-order valence-corrected chi connectivity index (χ3v) is 5.18. The van der Waals surface area contributed by atoms with Gasteiger partial charge in [-0.2, -0.15) is 0 Å². The van der Waals surface area contributed by atoms with Crippen LogP contribution in [0, 0.1) is 5.41 Å². The first-order valence-corrected chi connectivity index (χ1v) is 9.53. The third kappa shape index (κ3) is 4.75. The minimum absolute atomic E-state index is 0. The van der Waals surface area contributed by atoms with Gasteiger partial charge in [-0.15, -0.1) is 12.4 Å². The second kappa shape index (κ2) is 9.19. The Morgan fingerprint density at radius 2 is 2.03 bits per heavy atom. The number of amidine groups is 1. The summed E-state index contributed by atoms with van der Waals surface area (Å²) in [5.41, 5.74) is 8.61. The van der Waals surface area contributed by atoms with E-state index in [1.807, 2.05) is 30.3 Å². The Labute approximate surface area is 180 Å². The molecule has 1 saturated heterocycles. The van der Waals surface area contributed by atoms with Crippen LogP contribution in [0.25, 0.3) is 10.9 Å². The van der Waals surface area contributed by atoms with Crippen molar-refractivity contribution < 1.29 is 19.4 Å². The number of nitrogens with two attached hydrogens (primary N) is 1. The number of nitrogen functional groups attached to an aromatic ring is 1. The van der Waals surface area contributed by atoms with Crippen molar-refractivity contribution in [2.24, 2.45) is 5.73 Å². The Morgan fingerprint density at radius 1 is 1.27 bits per heavy atom. The number of carbonyl (C=O) groups is 1. The molecule has 30 heavy (non-hydrogen) atoms. The first kappa shape index (κ1) is 21.7. The molecule has 2 aromatic carbocycles. The van der Waals surface area contributed by atoms with Crippen LogP contribution in [0.2, 0.25) is 0 Å². The molecule has 0 bridgehead atoms. The van der Waals surface area contributed by atoms with E-state index in [0.29, 0.717) is 25.2 Å². The van der Waals surface area contributed by atoms with Gasteiger partial charge in [0.2, 0.25) is 0 Å². The van der Waals surface area contributed by atoms with Crippen molar-refractivity contribution in [2.75, 3.05) is 13.2 Å². The maximum atomic E-state index is 11.9. The largest absolute Gasteiger partial charge is 0.488 e. The van der Waals surface area contributed by atoms with Crippen LogP contribution in [-0.4, -0.2) is 41.2 Å². The van der Waals surface area contributed by atoms with E-state index in [-0.39, 0.29) is 24.3 Å². The van der Waals surface area contributed by atoms with Crippen LogP contribution in [0.3, 0.4) is 0 Å². The molecule has 1 fully saturated rings. The smallest absolute Gasteiger partial charge is 0.311 e. The Balaban J connectivity index is 0.00000256. The number of hydrogen-bond donors (Lipinski definition) is 4. The molecule has 2 heterocycles. The number of hydrogen-bond acceptors (Lipinski definition) is 4. The number of rotatable bonds is 7. The van der Waals surface area contributed by atoms with Crippen LogP contribution in [0.15, 0.2) is 48.5 Å². The molecule has 0 amide bonds. The van der Waals surface area contributed by atoms with E-state index in [1.54, 1.807) is 18.2 Å². The average molecular weight is 430 g/mol. The molecule has 158 valence electrons. The second-order valence-corrected chi connectivity index (χ2v) is 7.28. The van der Waals surface area contributed by atoms with Gasteiger partial charge in [0.25, 0.3) is 0 Å². The Morgan fingerprint density at radius 3 is 2.67 bits per heavy atom. The predicted octanol–water partition coefficient (Wildman–Crippen LogP) is 3.45. The summed E-state index contributed by atoms with van der Waals surface area (Å²) in [4.78, 5) is 15.2. The fraction of sp³-hybridized carbons (Fsp3) is 0.273. The van der Waals surface area contributed by atoms with E-state index in [4.69, 9.17) is 20.6 Å². The maximum absolute atomic E-state index is 11.9. The zero-order valence-corrected chi connectivity index (χ0v) is 17.1. The fourth-order valence-electron chi connectivity index (χ4n) is 3.61. The number of halogens is 1. The SMILES string of the molecule is Cl.N=C(N)c1ccc2[nH]c(CC(C(=O)O)c3ccc(O[C@H]4CCOC4)cc3)cc2c1. The number of benzene rings is 2. The van der Waals surface area contributed by atoms with Gasteiger partial charge in [-0.1, -0.05) is 12.1 Å². The van der Waals surface area contributed by atoms with E-state index in [0.717, 1.165) is 34.3 Å². The molecule has 4 rings (SSSR count). The van der Waals surface area contributed by atoms with Crippen LogP contribution in [0.5, 0.6) is 5.75 Å². The van der Waals surface area contributed by atoms with Crippen molar-refractivity contribution in [3.8, 4) is 5.75 Å². The van der Waals surface area contributed by atoms with Gasteiger partial charge < -0.3 is 25.3 Å². The minimum Gasteiger partial charge on any atom is -0.488 e. The van der Waals surface area contributed by atoms with Crippen molar-refractivity contribution in [3.05, 3.63) is 65.4 Å². The van der Waals surface area contributed by atoms with Crippen LogP contribution >= 0.6 is 12.4 Å². The highest BCUT2D eigenvalue weighted by Gasteiger charge is 2.22. The molecule has 7 nitrogen and oxygen atoms in total. The summed E-state index contributed by atoms with van der Waals surface area (Å²) in [5.74, 6) is -0.842. The Hall–Kier alpha value is -3.03. The van der Waals surface area contributed by atoms with Crippen LogP contribution < -0.4 is 10.5 Å². The maximum Gasteiger partial charge on any atom is 0.311 e. The summed E-state index contributed by atoms with van der Waals surface area (Å²) >= 11 is 0. The summed E-state index contributed by atoms with van der Waals surface area (Å²) in [7, 11) is 0. The lowest BCUT2D eigenvalue weighted by Crippen LogP contribution is -2.16. The summed E-state index contributed by atoms with van der Waals surface area (Å²) in [6.07, 6.45) is 1.25. The van der Waals surface area contributed by atoms with Gasteiger partial charge in [0.05, 0.1) is 19.1 Å². The highest BCUT2D eigenvalue weighted by molar-refractivity contribution is 5.98. The second-order valence-electron chi connectivity index (χ2n) is 7.28. The highest BCUT2D eigenvalue weighted by atomic mass is 35.5. The molecule has 1 aromatic heterocycles. The van der Waals surface area contributed by atoms with Gasteiger partial charge in [0.15, 0.2) is 0 Å². The fourth-order valence-corrected chi connectivity index (χ4v) is 3.61.